The van der Waals surface area contributed by atoms with E-state index >= 15 is 0 Å². The third kappa shape index (κ3) is 95.6. The summed E-state index contributed by atoms with van der Waals surface area (Å²) in [7, 11) is 0. The van der Waals surface area contributed by atoms with Gasteiger partial charge in [0.15, 0.2) is 0 Å². The molecule has 0 heterocycles. The molecule has 0 aliphatic rings. The van der Waals surface area contributed by atoms with Crippen molar-refractivity contribution in [1.29, 1.82) is 0 Å². The molecule has 0 aromatic carbocycles. The molecule has 0 atom stereocenters. The standard InChI is InChI=1S/5CH4.FH.K.H2.H/h5*1H4;1H;;1H;/q;;;;;;+1;;-1. The Morgan fingerprint density at radius 2 is 0.714 bits per heavy atom. The molecule has 0 aromatic heterocycles. The summed E-state index contributed by atoms with van der Waals surface area (Å²) >= 11 is 0. The number of hydrogen-bond donors (Lipinski definition) is 0. The zero-order valence-corrected chi connectivity index (χ0v) is 4.53. The minimum Gasteiger partial charge on any atom is -1.00 e. The van der Waals surface area contributed by atoms with Crippen LogP contribution in [0.5, 0.6) is 0 Å². The van der Waals surface area contributed by atoms with Crippen molar-refractivity contribution < 1.29 is 58.9 Å². The van der Waals surface area contributed by atoms with Gasteiger partial charge >= 0.3 is 51.4 Å². The van der Waals surface area contributed by atoms with Gasteiger partial charge in [-0.2, -0.15) is 0 Å². The van der Waals surface area contributed by atoms with E-state index in [0.29, 0.717) is 0 Å². The topological polar surface area (TPSA) is 0 Å². The first-order valence-corrected chi connectivity index (χ1v) is 0. The Bertz CT molecular complexity index is 14.9. The second kappa shape index (κ2) is 133. The third-order valence-electron chi connectivity index (χ3n) is 0. The van der Waals surface area contributed by atoms with Gasteiger partial charge in [-0.25, -0.2) is 0 Å². The Hall–Kier alpha value is 1.57. The monoisotopic (exact) mass is 142 g/mol. The molecule has 0 aliphatic heterocycles. The molecule has 0 aliphatic carbocycles. The quantitative estimate of drug-likeness (QED) is 0.437. The zero-order chi connectivity index (χ0) is 0. The van der Waals surface area contributed by atoms with E-state index in [-0.39, 0.29) is 96.1 Å². The Labute approximate surface area is 94.8 Å². The Morgan fingerprint density at radius 1 is 0.714 bits per heavy atom. The molecule has 2 heteroatoms. The summed E-state index contributed by atoms with van der Waals surface area (Å²) in [5.41, 5.74) is 0. The first-order valence-electron chi connectivity index (χ1n) is 0. The number of hydrogen-bond acceptors (Lipinski definition) is 0. The molecule has 0 spiro atoms. The van der Waals surface area contributed by atoms with Gasteiger partial charge in [0.25, 0.3) is 0 Å². The second-order valence-electron chi connectivity index (χ2n) is 0. The summed E-state index contributed by atoms with van der Waals surface area (Å²) < 4.78 is 0. The van der Waals surface area contributed by atoms with E-state index in [1.807, 2.05) is 0 Å². The predicted molar refractivity (Wildman–Crippen MR) is 39.4 cm³/mol. The van der Waals surface area contributed by atoms with Crippen molar-refractivity contribution in [1.82, 2.24) is 0 Å². The van der Waals surface area contributed by atoms with Gasteiger partial charge in [0.2, 0.25) is 0 Å². The summed E-state index contributed by atoms with van der Waals surface area (Å²) in [6.07, 6.45) is 0. The van der Waals surface area contributed by atoms with Crippen LogP contribution in [0.1, 0.15) is 40.0 Å². The van der Waals surface area contributed by atoms with Crippen LogP contribution < -0.4 is 51.4 Å². The van der Waals surface area contributed by atoms with E-state index in [9.17, 15) is 0 Å². The van der Waals surface area contributed by atoms with Crippen LogP contribution in [0.15, 0.2) is 0 Å². The van der Waals surface area contributed by atoms with Gasteiger partial charge < -0.3 is 1.43 Å². The molecular formula is C5H24FK. The van der Waals surface area contributed by atoms with Crippen LogP contribution in [0.2, 0.25) is 0 Å². The van der Waals surface area contributed by atoms with Gasteiger partial charge in [0.1, 0.15) is 0 Å². The van der Waals surface area contributed by atoms with Crippen LogP contribution >= 0.6 is 0 Å². The molecule has 0 unspecified atom stereocenters. The van der Waals surface area contributed by atoms with Crippen molar-refractivity contribution in [3.05, 3.63) is 0 Å². The molecular weight excluding hydrogens is 118 g/mol. The maximum absolute atomic E-state index is 0. The minimum absolute atomic E-state index is 0. The molecule has 0 nitrogen and oxygen atoms in total. The van der Waals surface area contributed by atoms with Crippen LogP contribution in [0.3, 0.4) is 0 Å². The summed E-state index contributed by atoms with van der Waals surface area (Å²) in [4.78, 5) is 0. The van der Waals surface area contributed by atoms with Crippen LogP contribution in [-0.4, -0.2) is 0 Å². The van der Waals surface area contributed by atoms with E-state index in [2.05, 4.69) is 0 Å². The average molecular weight is 142 g/mol. The molecule has 0 saturated heterocycles. The fourth-order valence-electron chi connectivity index (χ4n) is 0. The zero-order valence-electron chi connectivity index (χ0n) is 2.41. The normalized spacial score (nSPS) is 0. The van der Waals surface area contributed by atoms with Crippen molar-refractivity contribution in [3.8, 4) is 0 Å². The smallest absolute Gasteiger partial charge is 1.00 e. The van der Waals surface area contributed by atoms with E-state index in [1.54, 1.807) is 0 Å². The Morgan fingerprint density at radius 3 is 0.714 bits per heavy atom. The van der Waals surface area contributed by atoms with E-state index in [4.69, 9.17) is 0 Å². The fraction of sp³-hybridized carbons (Fsp3) is 1.00. The first-order chi connectivity index (χ1) is 0. The summed E-state index contributed by atoms with van der Waals surface area (Å²) in [6.45, 7) is 0. The molecule has 0 saturated carbocycles. The van der Waals surface area contributed by atoms with Crippen molar-refractivity contribution in [2.24, 2.45) is 0 Å². The average Bonchev–Trinajstić information content (AvgIpc) is 0. The largest absolute Gasteiger partial charge is 1.00 e. The van der Waals surface area contributed by atoms with E-state index in [1.165, 1.54) is 0 Å². The molecule has 0 bridgehead atoms. The molecule has 52 valence electrons. The Kier molecular flexibility index (Phi) is 3800. The van der Waals surface area contributed by atoms with Crippen LogP contribution in [0.4, 0.5) is 4.70 Å². The van der Waals surface area contributed by atoms with Crippen LogP contribution in [-0.2, 0) is 0 Å². The van der Waals surface area contributed by atoms with Crippen molar-refractivity contribution in [2.45, 2.75) is 37.1 Å². The molecule has 7 heavy (non-hydrogen) atoms. The van der Waals surface area contributed by atoms with Crippen molar-refractivity contribution in [2.75, 3.05) is 0 Å². The summed E-state index contributed by atoms with van der Waals surface area (Å²) in [6, 6.07) is 0. The van der Waals surface area contributed by atoms with Crippen LogP contribution in [0, 0.1) is 0 Å². The first kappa shape index (κ1) is 200. The molecule has 0 fully saturated rings. The summed E-state index contributed by atoms with van der Waals surface area (Å²) in [5, 5.41) is 0. The molecule has 0 radical (unpaired) electrons. The summed E-state index contributed by atoms with van der Waals surface area (Å²) in [5.74, 6) is 0. The van der Waals surface area contributed by atoms with E-state index in [0.717, 1.165) is 0 Å². The molecule has 0 rings (SSSR count). The molecule has 0 aromatic rings. The minimum atomic E-state index is 0. The van der Waals surface area contributed by atoms with Gasteiger partial charge in [-0.3, -0.25) is 4.70 Å². The molecule has 0 N–H and O–H groups in total. The van der Waals surface area contributed by atoms with Gasteiger partial charge in [0, 0.05) is 1.43 Å². The van der Waals surface area contributed by atoms with Crippen molar-refractivity contribution in [3.63, 3.8) is 0 Å². The maximum Gasteiger partial charge on any atom is 1.00 e. The van der Waals surface area contributed by atoms with E-state index < -0.39 is 0 Å². The Balaban J connectivity index is 0. The predicted octanol–water partition coefficient (Wildman–Crippen LogP) is 0.696. The number of halogens is 1. The SMILES string of the molecule is C.C.C.C.C.F.[H-].[HH].[K+]. The van der Waals surface area contributed by atoms with Gasteiger partial charge in [-0.1, -0.05) is 37.1 Å². The maximum atomic E-state index is 0. The van der Waals surface area contributed by atoms with Crippen molar-refractivity contribution >= 4 is 0 Å². The van der Waals surface area contributed by atoms with Crippen LogP contribution in [0.25, 0.3) is 0 Å². The van der Waals surface area contributed by atoms with Gasteiger partial charge in [0.05, 0.1) is 0 Å². The van der Waals surface area contributed by atoms with Gasteiger partial charge in [-0.05, 0) is 0 Å². The fourth-order valence-corrected chi connectivity index (χ4v) is 0. The molecule has 0 amide bonds. The number of rotatable bonds is 0. The third-order valence-corrected chi connectivity index (χ3v) is 0. The second-order valence-corrected chi connectivity index (χ2v) is 0. The van der Waals surface area contributed by atoms with Gasteiger partial charge in [-0.15, -0.1) is 0 Å².